The molecule has 0 radical (unpaired) electrons. The van der Waals surface area contributed by atoms with Crippen molar-refractivity contribution >= 4 is 11.0 Å². The summed E-state index contributed by atoms with van der Waals surface area (Å²) in [6.45, 7) is 2.17. The molecule has 0 saturated heterocycles. The van der Waals surface area contributed by atoms with E-state index in [0.717, 1.165) is 27.5 Å². The molecule has 4 aromatic rings. The van der Waals surface area contributed by atoms with Crippen LogP contribution in [-0.2, 0) is 19.1 Å². The number of hydrogen-bond donors (Lipinski definition) is 1. The Morgan fingerprint density at radius 3 is 2.31 bits per heavy atom. The average molecular weight is 601 g/mol. The molecule has 0 amide bonds. The van der Waals surface area contributed by atoms with Gasteiger partial charge < -0.3 is 19.0 Å². The monoisotopic (exact) mass is 600 g/mol. The summed E-state index contributed by atoms with van der Waals surface area (Å²) in [6.07, 6.45) is -6.00. The summed E-state index contributed by atoms with van der Waals surface area (Å²) in [7, 11) is 0. The lowest BCUT2D eigenvalue weighted by Gasteiger charge is -2.15. The summed E-state index contributed by atoms with van der Waals surface area (Å²) in [6, 6.07) is 7.66. The number of halogens is 6. The maximum Gasteiger partial charge on any atom is 0.573 e. The lowest BCUT2D eigenvalue weighted by atomic mass is 10.0. The molecule has 8 nitrogen and oxygen atoms in total. The van der Waals surface area contributed by atoms with E-state index in [2.05, 4.69) is 4.74 Å². The Morgan fingerprint density at radius 2 is 1.67 bits per heavy atom. The highest BCUT2D eigenvalue weighted by molar-refractivity contribution is 5.85. The van der Waals surface area contributed by atoms with E-state index >= 15 is 0 Å². The normalized spacial score (nSPS) is 12.2. The number of rotatable bonds is 11. The predicted molar refractivity (Wildman–Crippen MR) is 139 cm³/mol. The number of aromatic nitrogens is 2. The smallest absolute Gasteiger partial charge is 0.493 e. The number of benzene rings is 2. The fourth-order valence-corrected chi connectivity index (χ4v) is 4.52. The maximum atomic E-state index is 13.5. The van der Waals surface area contributed by atoms with Crippen LogP contribution in [0.1, 0.15) is 43.7 Å². The lowest BCUT2D eigenvalue weighted by Crippen LogP contribution is -2.23. The second-order valence-electron chi connectivity index (χ2n) is 9.39. The van der Waals surface area contributed by atoms with Crippen molar-refractivity contribution < 1.29 is 45.3 Å². The number of nitrogens with zero attached hydrogens (tertiary/aromatic N) is 2. The average Bonchev–Trinajstić information content (AvgIpc) is 3.18. The highest BCUT2D eigenvalue weighted by Crippen LogP contribution is 2.37. The molecule has 0 fully saturated rings. The molecular formula is C28H26F6N2O6. The molecule has 0 bridgehead atoms. The molecule has 0 spiro atoms. The minimum absolute atomic E-state index is 0.148. The van der Waals surface area contributed by atoms with Crippen molar-refractivity contribution in [2.45, 2.75) is 58.1 Å². The van der Waals surface area contributed by atoms with Crippen molar-refractivity contribution in [1.29, 1.82) is 0 Å². The summed E-state index contributed by atoms with van der Waals surface area (Å²) >= 11 is 0. The van der Waals surface area contributed by atoms with Crippen LogP contribution >= 0.6 is 0 Å². The summed E-state index contributed by atoms with van der Waals surface area (Å²) in [4.78, 5) is 24.6. The van der Waals surface area contributed by atoms with E-state index < -0.39 is 35.2 Å². The third kappa shape index (κ3) is 7.09. The molecular weight excluding hydrogens is 574 g/mol. The highest BCUT2D eigenvalue weighted by Gasteiger charge is 2.34. The van der Waals surface area contributed by atoms with Gasteiger partial charge in [-0.15, -0.1) is 13.2 Å². The minimum Gasteiger partial charge on any atom is -0.493 e. The first-order valence-electron chi connectivity index (χ1n) is 13.0. The molecule has 0 atom stereocenters. The third-order valence-electron chi connectivity index (χ3n) is 6.37. The molecule has 0 aliphatic carbocycles. The topological polar surface area (TPSA) is 95.8 Å². The Hall–Kier alpha value is -4.36. The number of fused-ring (bicyclic) bond motifs is 1. The van der Waals surface area contributed by atoms with Crippen LogP contribution in [0, 0.1) is 0 Å². The zero-order valence-corrected chi connectivity index (χ0v) is 22.2. The molecule has 0 saturated carbocycles. The van der Waals surface area contributed by atoms with Gasteiger partial charge in [-0.1, -0.05) is 13.3 Å². The van der Waals surface area contributed by atoms with Crippen molar-refractivity contribution in [2.75, 3.05) is 6.61 Å². The van der Waals surface area contributed by atoms with Crippen LogP contribution in [0.15, 0.2) is 62.7 Å². The molecule has 2 aromatic carbocycles. The van der Waals surface area contributed by atoms with Gasteiger partial charge in [0.25, 0.3) is 0 Å². The first kappa shape index (κ1) is 30.6. The Balaban J connectivity index is 1.37. The van der Waals surface area contributed by atoms with Crippen LogP contribution in [0.4, 0.5) is 26.3 Å². The fraction of sp³-hybridized carbons (Fsp3) is 0.357. The predicted octanol–water partition coefficient (Wildman–Crippen LogP) is 6.57. The number of aromatic hydroxyl groups is 1. The van der Waals surface area contributed by atoms with E-state index in [1.165, 1.54) is 24.3 Å². The van der Waals surface area contributed by atoms with Crippen molar-refractivity contribution in [2.24, 2.45) is 0 Å². The Labute approximate surface area is 234 Å². The number of ether oxygens (including phenoxy) is 2. The summed E-state index contributed by atoms with van der Waals surface area (Å²) < 4.78 is 94.5. The second kappa shape index (κ2) is 12.2. The van der Waals surface area contributed by atoms with Crippen LogP contribution in [0.3, 0.4) is 0 Å². The Morgan fingerprint density at radius 1 is 0.952 bits per heavy atom. The van der Waals surface area contributed by atoms with Gasteiger partial charge in [-0.2, -0.15) is 13.2 Å². The molecule has 14 heteroatoms. The van der Waals surface area contributed by atoms with E-state index in [1.54, 1.807) is 0 Å². The quantitative estimate of drug-likeness (QED) is 0.119. The summed E-state index contributed by atoms with van der Waals surface area (Å²) in [5, 5.41) is 10.0. The first-order valence-corrected chi connectivity index (χ1v) is 13.0. The number of alkyl halides is 6. The molecule has 42 heavy (non-hydrogen) atoms. The van der Waals surface area contributed by atoms with Crippen LogP contribution in [0.2, 0.25) is 0 Å². The van der Waals surface area contributed by atoms with E-state index in [-0.39, 0.29) is 35.7 Å². The van der Waals surface area contributed by atoms with Crippen molar-refractivity contribution in [3.63, 3.8) is 0 Å². The van der Waals surface area contributed by atoms with Gasteiger partial charge in [0.15, 0.2) is 0 Å². The van der Waals surface area contributed by atoms with Gasteiger partial charge in [-0.3, -0.25) is 9.13 Å². The van der Waals surface area contributed by atoms with Crippen molar-refractivity contribution in [3.05, 3.63) is 80.7 Å². The van der Waals surface area contributed by atoms with Gasteiger partial charge in [0.1, 0.15) is 17.1 Å². The molecule has 0 aliphatic rings. The first-order chi connectivity index (χ1) is 19.8. The van der Waals surface area contributed by atoms with Gasteiger partial charge in [0.05, 0.1) is 24.1 Å². The number of unbranched alkanes of at least 4 members (excludes halogenated alkanes) is 2. The zero-order chi connectivity index (χ0) is 30.7. The highest BCUT2D eigenvalue weighted by atomic mass is 19.4. The molecule has 0 unspecified atom stereocenters. The maximum absolute atomic E-state index is 13.5. The minimum atomic E-state index is -4.85. The van der Waals surface area contributed by atoms with Gasteiger partial charge in [-0.05, 0) is 62.1 Å². The molecule has 2 aromatic heterocycles. The van der Waals surface area contributed by atoms with E-state index in [0.29, 0.717) is 49.5 Å². The van der Waals surface area contributed by atoms with E-state index in [4.69, 9.17) is 9.15 Å². The molecule has 0 aliphatic heterocycles. The van der Waals surface area contributed by atoms with Crippen molar-refractivity contribution in [1.82, 2.24) is 9.13 Å². The van der Waals surface area contributed by atoms with E-state index in [9.17, 15) is 41.0 Å². The SMILES string of the molecule is CCCc1c(OCCCCCn2c(O)cn(-c3ccc(OC(F)(F)F)cc3)c2=O)ccc2c(C(F)(F)F)cc(=O)oc12. The van der Waals surface area contributed by atoms with Gasteiger partial charge in [-0.25, -0.2) is 9.59 Å². The molecule has 2 heterocycles. The van der Waals surface area contributed by atoms with Gasteiger partial charge in [0.2, 0.25) is 5.88 Å². The zero-order valence-electron chi connectivity index (χ0n) is 22.2. The van der Waals surface area contributed by atoms with Crippen LogP contribution < -0.4 is 20.8 Å². The largest absolute Gasteiger partial charge is 0.573 e. The van der Waals surface area contributed by atoms with Crippen LogP contribution in [0.25, 0.3) is 16.7 Å². The van der Waals surface area contributed by atoms with Gasteiger partial charge in [0, 0.05) is 23.6 Å². The molecule has 4 rings (SSSR count). The summed E-state index contributed by atoms with van der Waals surface area (Å²) in [5.41, 5.74) is -2.33. The lowest BCUT2D eigenvalue weighted by molar-refractivity contribution is -0.274. The second-order valence-corrected chi connectivity index (χ2v) is 9.39. The number of imidazole rings is 1. The van der Waals surface area contributed by atoms with E-state index in [1.807, 2.05) is 6.92 Å². The fourth-order valence-electron chi connectivity index (χ4n) is 4.52. The number of hydrogen-bond acceptors (Lipinski definition) is 6. The summed E-state index contributed by atoms with van der Waals surface area (Å²) in [5.74, 6) is -0.470. The molecule has 226 valence electrons. The van der Waals surface area contributed by atoms with Gasteiger partial charge >= 0.3 is 23.9 Å². The third-order valence-corrected chi connectivity index (χ3v) is 6.37. The molecule has 1 N–H and O–H groups in total. The van der Waals surface area contributed by atoms with Crippen LogP contribution in [-0.4, -0.2) is 27.2 Å². The Kier molecular flexibility index (Phi) is 8.92. The van der Waals surface area contributed by atoms with Crippen molar-refractivity contribution in [3.8, 4) is 23.1 Å². The Bertz CT molecular complexity index is 1650. The standard InChI is InChI=1S/C28H26F6N2O6/c1-2-6-20-22(12-11-19-21(27(29,30)31)15-24(38)41-25(19)20)40-14-5-3-4-13-35-23(37)16-36(26(35)39)17-7-9-18(10-8-17)42-28(32,33)34/h7-12,15-16,37H,2-6,13-14H2,1H3. The number of aryl methyl sites for hydroxylation is 1. The van der Waals surface area contributed by atoms with Crippen LogP contribution in [0.5, 0.6) is 17.4 Å².